The van der Waals surface area contributed by atoms with Crippen molar-refractivity contribution in [3.63, 3.8) is 0 Å². The van der Waals surface area contributed by atoms with Gasteiger partial charge in [-0.25, -0.2) is 4.98 Å². The topological polar surface area (TPSA) is 102 Å². The van der Waals surface area contributed by atoms with Crippen molar-refractivity contribution in [3.8, 4) is 0 Å². The summed E-state index contributed by atoms with van der Waals surface area (Å²) in [6, 6.07) is 0.310. The van der Waals surface area contributed by atoms with Gasteiger partial charge in [-0.05, 0) is 51.9 Å². The highest BCUT2D eigenvalue weighted by Gasteiger charge is 2.34. The van der Waals surface area contributed by atoms with Crippen LogP contribution in [0.1, 0.15) is 77.6 Å². The summed E-state index contributed by atoms with van der Waals surface area (Å²) in [6.45, 7) is 13.4. The number of rotatable bonds is 7. The van der Waals surface area contributed by atoms with Gasteiger partial charge in [0.05, 0.1) is 11.7 Å². The fraction of sp³-hybridized carbons (Fsp3) is 0.750. The molecule has 152 valence electrons. The monoisotopic (exact) mass is 377 g/mol. The zero-order valence-electron chi connectivity index (χ0n) is 17.6. The molecule has 7 nitrogen and oxygen atoms in total. The fourth-order valence-electron chi connectivity index (χ4n) is 3.00. The average Bonchev–Trinajstić information content (AvgIpc) is 2.55. The Kier molecular flexibility index (Phi) is 6.68. The van der Waals surface area contributed by atoms with E-state index in [9.17, 15) is 4.79 Å². The summed E-state index contributed by atoms with van der Waals surface area (Å²) < 4.78 is 5.71. The Labute approximate surface area is 162 Å². The molecule has 1 aliphatic carbocycles. The minimum atomic E-state index is -0.536. The average molecular weight is 378 g/mol. The van der Waals surface area contributed by atoms with Crippen LogP contribution in [0.15, 0.2) is 6.20 Å². The van der Waals surface area contributed by atoms with Crippen molar-refractivity contribution in [2.24, 2.45) is 11.1 Å². The number of nitrogens with zero attached hydrogens (tertiary/aromatic N) is 2. The third-order valence-corrected chi connectivity index (χ3v) is 5.77. The molecule has 1 fully saturated rings. The summed E-state index contributed by atoms with van der Waals surface area (Å²) >= 11 is 0. The van der Waals surface area contributed by atoms with E-state index in [0.717, 1.165) is 32.3 Å². The maximum atomic E-state index is 11.8. The zero-order chi connectivity index (χ0) is 20.2. The van der Waals surface area contributed by atoms with E-state index in [1.165, 1.54) is 6.20 Å². The molecule has 1 heterocycles. The number of ether oxygens (including phenoxy) is 1. The first kappa shape index (κ1) is 21.4. The van der Waals surface area contributed by atoms with Gasteiger partial charge >= 0.3 is 0 Å². The number of carbonyl (C=O) groups is 1. The maximum Gasteiger partial charge on any atom is 0.254 e. The summed E-state index contributed by atoms with van der Waals surface area (Å²) in [5, 5.41) is 6.80. The zero-order valence-corrected chi connectivity index (χ0v) is 17.6. The van der Waals surface area contributed by atoms with E-state index in [1.54, 1.807) is 0 Å². The highest BCUT2D eigenvalue weighted by molar-refractivity contribution is 5.97. The molecule has 1 aliphatic rings. The minimum Gasteiger partial charge on any atom is -0.379 e. The number of nitrogens with two attached hydrogens (primary N) is 1. The fourth-order valence-corrected chi connectivity index (χ4v) is 3.00. The summed E-state index contributed by atoms with van der Waals surface area (Å²) in [4.78, 5) is 20.7. The van der Waals surface area contributed by atoms with Crippen molar-refractivity contribution < 1.29 is 9.53 Å². The van der Waals surface area contributed by atoms with Crippen LogP contribution in [0.2, 0.25) is 0 Å². The molecule has 1 amide bonds. The second-order valence-corrected chi connectivity index (χ2v) is 8.89. The van der Waals surface area contributed by atoms with E-state index in [-0.39, 0.29) is 11.0 Å². The van der Waals surface area contributed by atoms with Gasteiger partial charge in [0.2, 0.25) is 5.95 Å². The van der Waals surface area contributed by atoms with Gasteiger partial charge < -0.3 is 21.1 Å². The summed E-state index contributed by atoms with van der Waals surface area (Å²) in [7, 11) is 0. The molecule has 1 saturated carbocycles. The minimum absolute atomic E-state index is 0.0435. The lowest BCUT2D eigenvalue weighted by atomic mass is 9.76. The van der Waals surface area contributed by atoms with Crippen LogP contribution in [0.3, 0.4) is 0 Å². The second kappa shape index (κ2) is 8.42. The largest absolute Gasteiger partial charge is 0.379 e. The highest BCUT2D eigenvalue weighted by atomic mass is 16.5. The third kappa shape index (κ3) is 5.54. The Hall–Kier alpha value is -1.89. The standard InChI is InChI=1S/C20H35N5O2/c1-7-27-14-10-8-13(9-11-14)23-18-22-12-15(16(21)26)17(24-18)25-20(5,6)19(2,3)4/h12-14H,7-11H2,1-6H3,(H2,21,26)(H2,22,23,24,25). The van der Waals surface area contributed by atoms with Crippen molar-refractivity contribution in [3.05, 3.63) is 11.8 Å². The van der Waals surface area contributed by atoms with Crippen LogP contribution in [0, 0.1) is 5.41 Å². The Morgan fingerprint density at radius 2 is 1.85 bits per heavy atom. The van der Waals surface area contributed by atoms with Gasteiger partial charge in [-0.1, -0.05) is 20.8 Å². The molecule has 1 aromatic rings. The summed E-state index contributed by atoms with van der Waals surface area (Å²) in [5.41, 5.74) is 5.49. The van der Waals surface area contributed by atoms with Crippen LogP contribution in [0.4, 0.5) is 11.8 Å². The summed E-state index contributed by atoms with van der Waals surface area (Å²) in [5.74, 6) is 0.459. The molecular weight excluding hydrogens is 342 g/mol. The van der Waals surface area contributed by atoms with E-state index in [2.05, 4.69) is 55.2 Å². The Morgan fingerprint density at radius 1 is 1.22 bits per heavy atom. The molecule has 1 aromatic heterocycles. The van der Waals surface area contributed by atoms with Gasteiger partial charge in [0.1, 0.15) is 5.82 Å². The second-order valence-electron chi connectivity index (χ2n) is 8.89. The predicted molar refractivity (Wildman–Crippen MR) is 109 cm³/mol. The van der Waals surface area contributed by atoms with Crippen LogP contribution in [-0.4, -0.2) is 40.2 Å². The number of primary amides is 1. The molecular formula is C20H35N5O2. The molecule has 7 heteroatoms. The number of anilines is 2. The van der Waals surface area contributed by atoms with Crippen molar-refractivity contribution in [2.75, 3.05) is 17.2 Å². The smallest absolute Gasteiger partial charge is 0.254 e. The van der Waals surface area contributed by atoms with Gasteiger partial charge in [-0.2, -0.15) is 4.98 Å². The number of amides is 1. The highest BCUT2D eigenvalue weighted by Crippen LogP contribution is 2.33. The first-order valence-electron chi connectivity index (χ1n) is 9.86. The van der Waals surface area contributed by atoms with E-state index >= 15 is 0 Å². The molecule has 0 unspecified atom stereocenters. The SMILES string of the molecule is CCOC1CCC(Nc2ncc(C(N)=O)c(NC(C)(C)C(C)(C)C)n2)CC1. The van der Waals surface area contributed by atoms with Crippen LogP contribution in [0.25, 0.3) is 0 Å². The Bertz CT molecular complexity index is 646. The van der Waals surface area contributed by atoms with Crippen LogP contribution >= 0.6 is 0 Å². The maximum absolute atomic E-state index is 11.8. The van der Waals surface area contributed by atoms with Crippen LogP contribution in [-0.2, 0) is 4.74 Å². The van der Waals surface area contributed by atoms with Crippen molar-refractivity contribution in [1.82, 2.24) is 9.97 Å². The van der Waals surface area contributed by atoms with Crippen molar-refractivity contribution in [1.29, 1.82) is 0 Å². The Morgan fingerprint density at radius 3 is 2.37 bits per heavy atom. The molecule has 2 rings (SSSR count). The van der Waals surface area contributed by atoms with Crippen molar-refractivity contribution >= 4 is 17.7 Å². The number of hydrogen-bond donors (Lipinski definition) is 3. The first-order chi connectivity index (χ1) is 12.5. The van der Waals surface area contributed by atoms with Crippen LogP contribution < -0.4 is 16.4 Å². The van der Waals surface area contributed by atoms with E-state index in [0.29, 0.717) is 29.5 Å². The molecule has 0 radical (unpaired) electrons. The lowest BCUT2D eigenvalue weighted by molar-refractivity contribution is 0.0346. The lowest BCUT2D eigenvalue weighted by Gasteiger charge is -2.40. The van der Waals surface area contributed by atoms with Crippen LogP contribution in [0.5, 0.6) is 0 Å². The number of nitrogens with one attached hydrogen (secondary N) is 2. The van der Waals surface area contributed by atoms with Gasteiger partial charge in [0, 0.05) is 24.4 Å². The number of carbonyl (C=O) groups excluding carboxylic acids is 1. The molecule has 0 spiro atoms. The van der Waals surface area contributed by atoms with Gasteiger partial charge in [0.15, 0.2) is 0 Å². The van der Waals surface area contributed by atoms with Gasteiger partial charge in [0.25, 0.3) is 5.91 Å². The normalized spacial score (nSPS) is 21.0. The molecule has 0 aromatic carbocycles. The first-order valence-corrected chi connectivity index (χ1v) is 9.86. The summed E-state index contributed by atoms with van der Waals surface area (Å²) in [6.07, 6.45) is 5.96. The van der Waals surface area contributed by atoms with E-state index in [4.69, 9.17) is 10.5 Å². The third-order valence-electron chi connectivity index (χ3n) is 5.77. The molecule has 0 saturated heterocycles. The molecule has 4 N–H and O–H groups in total. The number of hydrogen-bond acceptors (Lipinski definition) is 6. The lowest BCUT2D eigenvalue weighted by Crippen LogP contribution is -2.45. The molecule has 0 aliphatic heterocycles. The predicted octanol–water partition coefficient (Wildman–Crippen LogP) is 3.57. The molecule has 0 bridgehead atoms. The van der Waals surface area contributed by atoms with Gasteiger partial charge in [-0.15, -0.1) is 0 Å². The quantitative estimate of drug-likeness (QED) is 0.671. The van der Waals surface area contributed by atoms with E-state index in [1.807, 2.05) is 6.92 Å². The van der Waals surface area contributed by atoms with Gasteiger partial charge in [-0.3, -0.25) is 4.79 Å². The number of aromatic nitrogens is 2. The Balaban J connectivity index is 2.14. The van der Waals surface area contributed by atoms with Crippen molar-refractivity contribution in [2.45, 2.75) is 84.9 Å². The van der Waals surface area contributed by atoms with E-state index < -0.39 is 5.91 Å². The molecule has 27 heavy (non-hydrogen) atoms. The molecule has 0 atom stereocenters.